The third-order valence-electron chi connectivity index (χ3n) is 1.91. The molecule has 0 heterocycles. The first kappa shape index (κ1) is 13.6. The van der Waals surface area contributed by atoms with Gasteiger partial charge in [-0.3, -0.25) is 9.59 Å². The Morgan fingerprint density at radius 1 is 1.40 bits per heavy atom. The molecule has 0 fully saturated rings. The Kier molecular flexibility index (Phi) is 7.27. The molecule has 15 heavy (non-hydrogen) atoms. The molecule has 2 N–H and O–H groups in total. The first-order valence-electron chi connectivity index (χ1n) is 4.94. The Labute approximate surface area is 90.5 Å². The van der Waals surface area contributed by atoms with Crippen molar-refractivity contribution in [2.24, 2.45) is 0 Å². The lowest BCUT2D eigenvalue weighted by atomic mass is 10.4. The predicted molar refractivity (Wildman–Crippen MR) is 59.4 cm³/mol. The summed E-state index contributed by atoms with van der Waals surface area (Å²) in [6.45, 7) is 6.87. The normalized spacial score (nSPS) is 9.47. The number of nitrogens with zero attached hydrogens (tertiary/aromatic N) is 1. The fourth-order valence-electron chi connectivity index (χ4n) is 0.836. The first-order chi connectivity index (χ1) is 7.11. The highest BCUT2D eigenvalue weighted by Crippen LogP contribution is 1.81. The molecular weight excluding hydrogens is 194 g/mol. The van der Waals surface area contributed by atoms with Crippen molar-refractivity contribution in [1.29, 1.82) is 0 Å². The lowest BCUT2D eigenvalue weighted by molar-refractivity contribution is -0.131. The molecule has 0 spiro atoms. The van der Waals surface area contributed by atoms with Crippen LogP contribution in [0.4, 0.5) is 0 Å². The predicted octanol–water partition coefficient (Wildman–Crippen LogP) is -0.643. The maximum absolute atomic E-state index is 11.3. The van der Waals surface area contributed by atoms with Gasteiger partial charge in [-0.15, -0.1) is 6.58 Å². The van der Waals surface area contributed by atoms with Gasteiger partial charge in [0.15, 0.2) is 0 Å². The molecule has 0 unspecified atom stereocenters. The van der Waals surface area contributed by atoms with Gasteiger partial charge in [0, 0.05) is 20.1 Å². The standard InChI is InChI=1S/C10H19N3O2/c1-4-6-11-7-9(14)12-8-10(15)13(3)5-2/h4,11H,1,5-8H2,2-3H3,(H,12,14). The third-order valence-corrected chi connectivity index (χ3v) is 1.91. The van der Waals surface area contributed by atoms with E-state index in [4.69, 9.17) is 0 Å². The van der Waals surface area contributed by atoms with Crippen LogP contribution in [0.15, 0.2) is 12.7 Å². The number of amides is 2. The Bertz CT molecular complexity index is 229. The van der Waals surface area contributed by atoms with Crippen LogP contribution in [0.2, 0.25) is 0 Å². The van der Waals surface area contributed by atoms with E-state index < -0.39 is 0 Å². The van der Waals surface area contributed by atoms with Crippen LogP contribution >= 0.6 is 0 Å². The van der Waals surface area contributed by atoms with Gasteiger partial charge >= 0.3 is 0 Å². The van der Waals surface area contributed by atoms with Crippen LogP contribution in [0.1, 0.15) is 6.92 Å². The third kappa shape index (κ3) is 6.68. The summed E-state index contributed by atoms with van der Waals surface area (Å²) < 4.78 is 0. The average molecular weight is 213 g/mol. The molecule has 5 nitrogen and oxygen atoms in total. The topological polar surface area (TPSA) is 61.4 Å². The van der Waals surface area contributed by atoms with E-state index in [0.717, 1.165) is 0 Å². The Hall–Kier alpha value is -1.36. The summed E-state index contributed by atoms with van der Waals surface area (Å²) in [6, 6.07) is 0. The number of carbonyl (C=O) groups is 2. The SMILES string of the molecule is C=CCNCC(=O)NCC(=O)N(C)CC. The molecule has 5 heteroatoms. The van der Waals surface area contributed by atoms with Crippen molar-refractivity contribution in [3.05, 3.63) is 12.7 Å². The molecule has 0 bridgehead atoms. The molecular formula is C10H19N3O2. The van der Waals surface area contributed by atoms with Crippen molar-refractivity contribution >= 4 is 11.8 Å². The molecule has 0 atom stereocenters. The van der Waals surface area contributed by atoms with Crippen LogP contribution in [0.3, 0.4) is 0 Å². The minimum atomic E-state index is -0.185. The van der Waals surface area contributed by atoms with Crippen LogP contribution in [0, 0.1) is 0 Å². The van der Waals surface area contributed by atoms with Crippen LogP contribution in [0.5, 0.6) is 0 Å². The van der Waals surface area contributed by atoms with Crippen LogP contribution in [0.25, 0.3) is 0 Å². The molecule has 0 radical (unpaired) electrons. The van der Waals surface area contributed by atoms with Crippen molar-refractivity contribution in [2.45, 2.75) is 6.92 Å². The number of likely N-dealkylation sites (N-methyl/N-ethyl adjacent to an activating group) is 1. The van der Waals surface area contributed by atoms with E-state index in [-0.39, 0.29) is 24.9 Å². The first-order valence-corrected chi connectivity index (χ1v) is 4.94. The fraction of sp³-hybridized carbons (Fsp3) is 0.600. The molecule has 0 aromatic carbocycles. The second kappa shape index (κ2) is 7.99. The molecule has 0 saturated carbocycles. The van der Waals surface area contributed by atoms with Gasteiger partial charge in [0.25, 0.3) is 0 Å². The van der Waals surface area contributed by atoms with Gasteiger partial charge in [-0.05, 0) is 6.92 Å². The number of hydrogen-bond acceptors (Lipinski definition) is 3. The monoisotopic (exact) mass is 213 g/mol. The van der Waals surface area contributed by atoms with E-state index >= 15 is 0 Å². The molecule has 0 aromatic rings. The van der Waals surface area contributed by atoms with Crippen molar-refractivity contribution < 1.29 is 9.59 Å². The van der Waals surface area contributed by atoms with Gasteiger partial charge in [-0.2, -0.15) is 0 Å². The van der Waals surface area contributed by atoms with E-state index in [1.165, 1.54) is 0 Å². The highest BCUT2D eigenvalue weighted by Gasteiger charge is 2.07. The van der Waals surface area contributed by atoms with Gasteiger partial charge in [-0.25, -0.2) is 0 Å². The second-order valence-corrected chi connectivity index (χ2v) is 3.10. The number of rotatable bonds is 7. The van der Waals surface area contributed by atoms with Gasteiger partial charge in [0.05, 0.1) is 13.1 Å². The highest BCUT2D eigenvalue weighted by atomic mass is 16.2. The zero-order valence-electron chi connectivity index (χ0n) is 9.38. The van der Waals surface area contributed by atoms with Crippen LogP contribution in [-0.4, -0.2) is 49.9 Å². The molecule has 0 aromatic heterocycles. The Balaban J connectivity index is 3.61. The summed E-state index contributed by atoms with van der Waals surface area (Å²) >= 11 is 0. The molecule has 2 amide bonds. The molecule has 86 valence electrons. The number of hydrogen-bond donors (Lipinski definition) is 2. The molecule has 0 rings (SSSR count). The number of nitrogens with one attached hydrogen (secondary N) is 2. The van der Waals surface area contributed by atoms with Gasteiger partial charge in [-0.1, -0.05) is 6.08 Å². The largest absolute Gasteiger partial charge is 0.346 e. The minimum Gasteiger partial charge on any atom is -0.346 e. The summed E-state index contributed by atoms with van der Waals surface area (Å²) in [4.78, 5) is 24.0. The summed E-state index contributed by atoms with van der Waals surface area (Å²) in [5.41, 5.74) is 0. The fourth-order valence-corrected chi connectivity index (χ4v) is 0.836. The smallest absolute Gasteiger partial charge is 0.241 e. The average Bonchev–Trinajstić information content (AvgIpc) is 2.25. The Morgan fingerprint density at radius 3 is 2.60 bits per heavy atom. The van der Waals surface area contributed by atoms with E-state index in [9.17, 15) is 9.59 Å². The van der Waals surface area contributed by atoms with Crippen molar-refractivity contribution in [1.82, 2.24) is 15.5 Å². The van der Waals surface area contributed by atoms with Gasteiger partial charge in [0.1, 0.15) is 0 Å². The van der Waals surface area contributed by atoms with Crippen LogP contribution in [-0.2, 0) is 9.59 Å². The van der Waals surface area contributed by atoms with Crippen LogP contribution < -0.4 is 10.6 Å². The highest BCUT2D eigenvalue weighted by molar-refractivity contribution is 5.85. The number of carbonyl (C=O) groups excluding carboxylic acids is 2. The summed E-state index contributed by atoms with van der Waals surface area (Å²) in [6.07, 6.45) is 1.67. The lowest BCUT2D eigenvalue weighted by Crippen LogP contribution is -2.41. The maximum Gasteiger partial charge on any atom is 0.241 e. The quantitative estimate of drug-likeness (QED) is 0.437. The molecule has 0 aliphatic carbocycles. The van der Waals surface area contributed by atoms with Crippen molar-refractivity contribution in [3.63, 3.8) is 0 Å². The molecule has 0 aliphatic rings. The van der Waals surface area contributed by atoms with E-state index in [1.807, 2.05) is 6.92 Å². The zero-order chi connectivity index (χ0) is 11.7. The van der Waals surface area contributed by atoms with E-state index in [2.05, 4.69) is 17.2 Å². The summed E-state index contributed by atoms with van der Waals surface area (Å²) in [5.74, 6) is -0.274. The molecule has 0 saturated heterocycles. The summed E-state index contributed by atoms with van der Waals surface area (Å²) in [5, 5.41) is 5.38. The summed E-state index contributed by atoms with van der Waals surface area (Å²) in [7, 11) is 1.70. The Morgan fingerprint density at radius 2 is 2.07 bits per heavy atom. The van der Waals surface area contributed by atoms with Crippen molar-refractivity contribution in [3.8, 4) is 0 Å². The minimum absolute atomic E-state index is 0.0545. The second-order valence-electron chi connectivity index (χ2n) is 3.10. The zero-order valence-corrected chi connectivity index (χ0v) is 9.38. The van der Waals surface area contributed by atoms with E-state index in [1.54, 1.807) is 18.0 Å². The molecule has 0 aliphatic heterocycles. The van der Waals surface area contributed by atoms with E-state index in [0.29, 0.717) is 13.1 Å². The van der Waals surface area contributed by atoms with Crippen molar-refractivity contribution in [2.75, 3.05) is 33.2 Å². The lowest BCUT2D eigenvalue weighted by Gasteiger charge is -2.14. The van der Waals surface area contributed by atoms with Gasteiger partial charge in [0.2, 0.25) is 11.8 Å². The van der Waals surface area contributed by atoms with Gasteiger partial charge < -0.3 is 15.5 Å². The maximum atomic E-state index is 11.3.